The van der Waals surface area contributed by atoms with Crippen LogP contribution in [0.25, 0.3) is 0 Å². The van der Waals surface area contributed by atoms with Gasteiger partial charge in [-0.25, -0.2) is 5.14 Å². The summed E-state index contributed by atoms with van der Waals surface area (Å²) in [5, 5.41) is 5.09. The first-order valence-corrected chi connectivity index (χ1v) is 5.58. The Labute approximate surface area is 87.2 Å². The highest BCUT2D eigenvalue weighted by atomic mass is 35.5. The first kappa shape index (κ1) is 11.1. The van der Waals surface area contributed by atoms with Gasteiger partial charge in [-0.05, 0) is 24.6 Å². The molecule has 1 aromatic carbocycles. The molecule has 5 nitrogen and oxygen atoms in total. The van der Waals surface area contributed by atoms with Gasteiger partial charge in [-0.3, -0.25) is 4.72 Å². The fraction of sp³-hybridized carbons (Fsp3) is 0.143. The van der Waals surface area contributed by atoms with Crippen LogP contribution in [-0.4, -0.2) is 8.42 Å². The third-order valence-electron chi connectivity index (χ3n) is 1.60. The second kappa shape index (κ2) is 3.64. The van der Waals surface area contributed by atoms with Gasteiger partial charge >= 0.3 is 0 Å². The third kappa shape index (κ3) is 2.76. The molecule has 0 saturated heterocycles. The first-order valence-electron chi connectivity index (χ1n) is 3.66. The fourth-order valence-corrected chi connectivity index (χ4v) is 1.66. The highest BCUT2D eigenvalue weighted by molar-refractivity contribution is 7.90. The van der Waals surface area contributed by atoms with Crippen molar-refractivity contribution in [2.75, 3.05) is 10.5 Å². The Bertz CT molecular complexity index is 458. The van der Waals surface area contributed by atoms with Crippen molar-refractivity contribution in [2.45, 2.75) is 6.92 Å². The van der Waals surface area contributed by atoms with E-state index in [-0.39, 0.29) is 5.02 Å². The monoisotopic (exact) mass is 235 g/mol. The van der Waals surface area contributed by atoms with E-state index in [4.69, 9.17) is 22.5 Å². The summed E-state index contributed by atoms with van der Waals surface area (Å²) in [5.41, 5.74) is 6.88. The molecular weight excluding hydrogens is 226 g/mol. The van der Waals surface area contributed by atoms with Gasteiger partial charge in [-0.2, -0.15) is 8.42 Å². The molecule has 0 radical (unpaired) electrons. The summed E-state index contributed by atoms with van der Waals surface area (Å²) in [6.45, 7) is 1.69. The predicted molar refractivity (Wildman–Crippen MR) is 57.3 cm³/mol. The number of hydrogen-bond acceptors (Lipinski definition) is 3. The van der Waals surface area contributed by atoms with Crippen LogP contribution in [0.1, 0.15) is 5.56 Å². The summed E-state index contributed by atoms with van der Waals surface area (Å²) < 4.78 is 23.6. The Morgan fingerprint density at radius 1 is 1.43 bits per heavy atom. The Kier molecular flexibility index (Phi) is 2.89. The van der Waals surface area contributed by atoms with Gasteiger partial charge in [0.05, 0.1) is 16.4 Å². The molecule has 0 atom stereocenters. The predicted octanol–water partition coefficient (Wildman–Crippen LogP) is 0.846. The molecular formula is C7H10ClN3O2S. The van der Waals surface area contributed by atoms with Crippen molar-refractivity contribution in [2.24, 2.45) is 5.14 Å². The Balaban J connectivity index is 3.17. The van der Waals surface area contributed by atoms with Crippen LogP contribution in [0.3, 0.4) is 0 Å². The number of rotatable bonds is 2. The molecule has 0 aliphatic rings. The quantitative estimate of drug-likeness (QED) is 0.663. The van der Waals surface area contributed by atoms with E-state index in [0.717, 1.165) is 0 Å². The maximum Gasteiger partial charge on any atom is 0.296 e. The average Bonchev–Trinajstić information content (AvgIpc) is 1.97. The lowest BCUT2D eigenvalue weighted by atomic mass is 10.2. The lowest BCUT2D eigenvalue weighted by molar-refractivity contribution is 0.603. The molecule has 0 amide bonds. The van der Waals surface area contributed by atoms with Gasteiger partial charge in [0.25, 0.3) is 10.2 Å². The smallest absolute Gasteiger partial charge is 0.296 e. The zero-order chi connectivity index (χ0) is 10.9. The molecule has 0 aliphatic heterocycles. The summed E-state index contributed by atoms with van der Waals surface area (Å²) in [4.78, 5) is 0. The molecule has 0 bridgehead atoms. The van der Waals surface area contributed by atoms with Crippen molar-refractivity contribution >= 4 is 33.2 Å². The lowest BCUT2D eigenvalue weighted by Gasteiger charge is -2.09. The van der Waals surface area contributed by atoms with Gasteiger partial charge in [0.2, 0.25) is 0 Å². The molecule has 1 aromatic rings. The number of nitrogen functional groups attached to an aromatic ring is 1. The molecule has 14 heavy (non-hydrogen) atoms. The number of benzene rings is 1. The van der Waals surface area contributed by atoms with E-state index in [9.17, 15) is 8.42 Å². The van der Waals surface area contributed by atoms with Gasteiger partial charge in [0.15, 0.2) is 0 Å². The maximum atomic E-state index is 10.7. The third-order valence-corrected chi connectivity index (χ3v) is 2.43. The summed E-state index contributed by atoms with van der Waals surface area (Å²) in [6.07, 6.45) is 0. The van der Waals surface area contributed by atoms with Crippen molar-refractivity contribution in [3.63, 3.8) is 0 Å². The van der Waals surface area contributed by atoms with Crippen molar-refractivity contribution in [1.29, 1.82) is 0 Å². The minimum absolute atomic E-state index is 0.279. The first-order chi connectivity index (χ1) is 6.29. The van der Waals surface area contributed by atoms with Crippen LogP contribution >= 0.6 is 11.6 Å². The number of nitrogens with two attached hydrogens (primary N) is 2. The molecule has 0 saturated carbocycles. The molecule has 0 aliphatic carbocycles. The molecule has 0 fully saturated rings. The number of hydrogen-bond donors (Lipinski definition) is 3. The number of aryl methyl sites for hydroxylation is 1. The summed E-state index contributed by atoms with van der Waals surface area (Å²) in [7, 11) is -3.78. The highest BCUT2D eigenvalue weighted by Gasteiger charge is 2.07. The Morgan fingerprint density at radius 2 is 2.00 bits per heavy atom. The number of halogens is 1. The van der Waals surface area contributed by atoms with Gasteiger partial charge in [0.1, 0.15) is 0 Å². The molecule has 7 heteroatoms. The minimum atomic E-state index is -3.78. The van der Waals surface area contributed by atoms with Gasteiger partial charge < -0.3 is 5.73 Å². The van der Waals surface area contributed by atoms with E-state index >= 15 is 0 Å². The summed E-state index contributed by atoms with van der Waals surface area (Å²) >= 11 is 5.71. The molecule has 0 heterocycles. The lowest BCUT2D eigenvalue weighted by Crippen LogP contribution is -2.22. The van der Waals surface area contributed by atoms with Crippen LogP contribution in [0.4, 0.5) is 11.4 Å². The minimum Gasteiger partial charge on any atom is -0.398 e. The summed E-state index contributed by atoms with van der Waals surface area (Å²) in [6, 6.07) is 2.98. The average molecular weight is 236 g/mol. The zero-order valence-corrected chi connectivity index (χ0v) is 8.98. The van der Waals surface area contributed by atoms with Crippen LogP contribution < -0.4 is 15.6 Å². The van der Waals surface area contributed by atoms with E-state index in [1.165, 1.54) is 6.07 Å². The number of nitrogens with one attached hydrogen (secondary N) is 1. The van der Waals surface area contributed by atoms with E-state index < -0.39 is 10.2 Å². The van der Waals surface area contributed by atoms with Crippen molar-refractivity contribution in [3.05, 3.63) is 22.7 Å². The normalized spacial score (nSPS) is 11.4. The molecule has 0 spiro atoms. The van der Waals surface area contributed by atoms with Gasteiger partial charge in [0, 0.05) is 0 Å². The van der Waals surface area contributed by atoms with E-state index in [1.54, 1.807) is 13.0 Å². The van der Waals surface area contributed by atoms with Crippen molar-refractivity contribution in [3.8, 4) is 0 Å². The zero-order valence-electron chi connectivity index (χ0n) is 7.41. The fourth-order valence-electron chi connectivity index (χ4n) is 0.967. The van der Waals surface area contributed by atoms with Crippen LogP contribution in [0.2, 0.25) is 5.02 Å². The van der Waals surface area contributed by atoms with Crippen LogP contribution in [0.5, 0.6) is 0 Å². The second-order valence-corrected chi connectivity index (χ2v) is 4.54. The number of anilines is 2. The molecule has 78 valence electrons. The molecule has 0 aromatic heterocycles. The Morgan fingerprint density at radius 3 is 2.50 bits per heavy atom. The molecule has 1 rings (SSSR count). The van der Waals surface area contributed by atoms with Crippen LogP contribution in [-0.2, 0) is 10.2 Å². The van der Waals surface area contributed by atoms with Gasteiger partial charge in [-0.1, -0.05) is 11.6 Å². The van der Waals surface area contributed by atoms with Crippen molar-refractivity contribution < 1.29 is 8.42 Å². The van der Waals surface area contributed by atoms with Crippen LogP contribution in [0.15, 0.2) is 12.1 Å². The van der Waals surface area contributed by atoms with Gasteiger partial charge in [-0.15, -0.1) is 0 Å². The van der Waals surface area contributed by atoms with E-state index in [1.807, 2.05) is 0 Å². The summed E-state index contributed by atoms with van der Waals surface area (Å²) in [5.74, 6) is 0. The molecule has 0 unspecified atom stereocenters. The standard InChI is InChI=1S/C7H10ClN3O2S/c1-4-2-6(9)5(8)3-7(4)11-14(10,12)13/h2-3,11H,9H2,1H3,(H2,10,12,13). The largest absolute Gasteiger partial charge is 0.398 e. The second-order valence-electron chi connectivity index (χ2n) is 2.84. The highest BCUT2D eigenvalue weighted by Crippen LogP contribution is 2.26. The SMILES string of the molecule is Cc1cc(N)c(Cl)cc1NS(N)(=O)=O. The van der Waals surface area contributed by atoms with E-state index in [2.05, 4.69) is 4.72 Å². The van der Waals surface area contributed by atoms with E-state index in [0.29, 0.717) is 16.9 Å². The molecule has 5 N–H and O–H groups in total. The van der Waals surface area contributed by atoms with Crippen molar-refractivity contribution in [1.82, 2.24) is 0 Å². The maximum absolute atomic E-state index is 10.7. The van der Waals surface area contributed by atoms with Crippen LogP contribution in [0, 0.1) is 6.92 Å². The Hall–Kier alpha value is -0.980. The topological polar surface area (TPSA) is 98.2 Å².